The first-order chi connectivity index (χ1) is 13.9. The lowest BCUT2D eigenvalue weighted by Gasteiger charge is -2.38. The van der Waals surface area contributed by atoms with E-state index in [0.717, 1.165) is 25.8 Å². The number of carbonyl (C=O) groups excluding carboxylic acids is 3. The van der Waals surface area contributed by atoms with Gasteiger partial charge < -0.3 is 15.0 Å². The van der Waals surface area contributed by atoms with Gasteiger partial charge in [-0.2, -0.15) is 0 Å². The zero-order chi connectivity index (χ0) is 23.1. The van der Waals surface area contributed by atoms with E-state index in [9.17, 15) is 14.4 Å². The van der Waals surface area contributed by atoms with Crippen molar-refractivity contribution in [1.82, 2.24) is 15.1 Å². The Balaban J connectivity index is 3.02. The maximum atomic E-state index is 13.4. The number of rotatable bonds is 8. The number of esters is 1. The quantitative estimate of drug-likeness (QED) is 0.480. The summed E-state index contributed by atoms with van der Waals surface area (Å²) in [6, 6.07) is -1.12. The van der Waals surface area contributed by atoms with Crippen LogP contribution in [0.25, 0.3) is 0 Å². The molecule has 2 amide bonds. The van der Waals surface area contributed by atoms with Gasteiger partial charge in [0, 0.05) is 12.6 Å². The molecule has 0 aromatic rings. The molecule has 0 aliphatic carbocycles. The fourth-order valence-corrected chi connectivity index (χ4v) is 3.77. The van der Waals surface area contributed by atoms with Crippen LogP contribution >= 0.6 is 0 Å². The molecule has 7 nitrogen and oxygen atoms in total. The Kier molecular flexibility index (Phi) is 10.0. The Labute approximate surface area is 182 Å². The number of likely N-dealkylation sites (N-methyl/N-ethyl adjacent to an activating group) is 2. The minimum atomic E-state index is -0.657. The molecule has 1 heterocycles. The number of hydrogen-bond donors (Lipinski definition) is 1. The predicted molar refractivity (Wildman–Crippen MR) is 119 cm³/mol. The van der Waals surface area contributed by atoms with Crippen molar-refractivity contribution < 1.29 is 19.1 Å². The van der Waals surface area contributed by atoms with Gasteiger partial charge in [-0.15, -0.1) is 0 Å². The SMILES string of the molecule is CCOC(=O)/C(C)=C/[C@H](CC)N(C)C(=O)[C@@H](NC(=O)[C@H]1CCCCN1C)C(C)(C)C. The molecule has 1 fully saturated rings. The van der Waals surface area contributed by atoms with Crippen molar-refractivity contribution in [3.63, 3.8) is 0 Å². The van der Waals surface area contributed by atoms with Crippen LogP contribution in [0.3, 0.4) is 0 Å². The molecule has 1 aliphatic heterocycles. The third kappa shape index (κ3) is 7.11. The van der Waals surface area contributed by atoms with Crippen LogP contribution in [0, 0.1) is 5.41 Å². The van der Waals surface area contributed by atoms with Crippen LogP contribution in [0.2, 0.25) is 0 Å². The maximum absolute atomic E-state index is 13.4. The summed E-state index contributed by atoms with van der Waals surface area (Å²) < 4.78 is 5.05. The van der Waals surface area contributed by atoms with E-state index in [1.165, 1.54) is 0 Å². The number of carbonyl (C=O) groups is 3. The molecule has 1 saturated heterocycles. The molecule has 0 unspecified atom stereocenters. The lowest BCUT2D eigenvalue weighted by Crippen LogP contribution is -2.59. The van der Waals surface area contributed by atoms with Crippen LogP contribution in [-0.4, -0.2) is 73.0 Å². The number of likely N-dealkylation sites (tertiary alicyclic amines) is 1. The van der Waals surface area contributed by atoms with Gasteiger partial charge in [-0.05, 0) is 52.1 Å². The summed E-state index contributed by atoms with van der Waals surface area (Å²) in [7, 11) is 3.68. The molecule has 0 aromatic heterocycles. The van der Waals surface area contributed by atoms with E-state index in [1.54, 1.807) is 31.9 Å². The second kappa shape index (κ2) is 11.5. The molecule has 1 N–H and O–H groups in total. The first-order valence-corrected chi connectivity index (χ1v) is 11.1. The highest BCUT2D eigenvalue weighted by molar-refractivity contribution is 5.91. The summed E-state index contributed by atoms with van der Waals surface area (Å²) in [5.74, 6) is -0.628. The average Bonchev–Trinajstić information content (AvgIpc) is 2.68. The summed E-state index contributed by atoms with van der Waals surface area (Å²) in [5.41, 5.74) is 0.0235. The van der Waals surface area contributed by atoms with E-state index >= 15 is 0 Å². The van der Waals surface area contributed by atoms with Crippen LogP contribution in [0.1, 0.15) is 67.2 Å². The van der Waals surface area contributed by atoms with E-state index in [4.69, 9.17) is 4.74 Å². The van der Waals surface area contributed by atoms with Crippen LogP contribution in [0.15, 0.2) is 11.6 Å². The number of ether oxygens (including phenoxy) is 1. The number of nitrogens with one attached hydrogen (secondary N) is 1. The minimum Gasteiger partial charge on any atom is -0.463 e. The summed E-state index contributed by atoms with van der Waals surface area (Å²) in [6.07, 6.45) is 5.34. The van der Waals surface area contributed by atoms with Gasteiger partial charge in [-0.3, -0.25) is 14.5 Å². The molecule has 0 radical (unpaired) electrons. The highest BCUT2D eigenvalue weighted by atomic mass is 16.5. The van der Waals surface area contributed by atoms with Crippen molar-refractivity contribution in [2.24, 2.45) is 5.41 Å². The number of nitrogens with zero attached hydrogens (tertiary/aromatic N) is 2. The first kappa shape index (κ1) is 26.1. The van der Waals surface area contributed by atoms with Crippen molar-refractivity contribution in [3.05, 3.63) is 11.6 Å². The summed E-state index contributed by atoms with van der Waals surface area (Å²) in [6.45, 7) is 12.5. The van der Waals surface area contributed by atoms with E-state index in [-0.39, 0.29) is 29.9 Å². The van der Waals surface area contributed by atoms with Gasteiger partial charge in [0.2, 0.25) is 11.8 Å². The molecule has 1 rings (SSSR count). The van der Waals surface area contributed by atoms with E-state index in [1.807, 2.05) is 34.7 Å². The minimum absolute atomic E-state index is 0.0924. The monoisotopic (exact) mass is 423 g/mol. The molecular weight excluding hydrogens is 382 g/mol. The predicted octanol–water partition coefficient (Wildman–Crippen LogP) is 2.75. The number of hydrogen-bond acceptors (Lipinski definition) is 5. The molecule has 0 spiro atoms. The molecule has 0 aromatic carbocycles. The van der Waals surface area contributed by atoms with Crippen molar-refractivity contribution in [2.75, 3.05) is 27.2 Å². The topological polar surface area (TPSA) is 79.0 Å². The van der Waals surface area contributed by atoms with Crippen molar-refractivity contribution in [1.29, 1.82) is 0 Å². The van der Waals surface area contributed by atoms with Crippen molar-refractivity contribution in [2.45, 2.75) is 85.4 Å². The smallest absolute Gasteiger partial charge is 0.333 e. The normalized spacial score (nSPS) is 20.3. The second-order valence-corrected chi connectivity index (χ2v) is 9.29. The largest absolute Gasteiger partial charge is 0.463 e. The molecule has 30 heavy (non-hydrogen) atoms. The fraction of sp³-hybridized carbons (Fsp3) is 0.783. The Morgan fingerprint density at radius 3 is 2.37 bits per heavy atom. The molecule has 3 atom stereocenters. The molecule has 0 bridgehead atoms. The van der Waals surface area contributed by atoms with Gasteiger partial charge in [0.05, 0.1) is 18.7 Å². The summed E-state index contributed by atoms with van der Waals surface area (Å²) >= 11 is 0. The zero-order valence-electron chi connectivity index (χ0n) is 20.1. The molecule has 7 heteroatoms. The number of amides is 2. The van der Waals surface area contributed by atoms with Crippen molar-refractivity contribution >= 4 is 17.8 Å². The van der Waals surface area contributed by atoms with Gasteiger partial charge in [-0.1, -0.05) is 40.2 Å². The Morgan fingerprint density at radius 2 is 1.87 bits per heavy atom. The fourth-order valence-electron chi connectivity index (χ4n) is 3.77. The van der Waals surface area contributed by atoms with E-state index in [0.29, 0.717) is 18.6 Å². The highest BCUT2D eigenvalue weighted by Gasteiger charge is 2.38. The van der Waals surface area contributed by atoms with Gasteiger partial charge in [-0.25, -0.2) is 4.79 Å². The molecule has 1 aliphatic rings. The molecular formula is C23H41N3O4. The standard InChI is InChI=1S/C23H41N3O4/c1-9-17(15-16(3)22(29)30-10-2)26(8)21(28)19(23(4,5)6)24-20(27)18-13-11-12-14-25(18)7/h15,17-19H,9-14H2,1-8H3,(H,24,27)/b16-15+/t17-,18+,19+/m0/s1. The average molecular weight is 424 g/mol. The zero-order valence-corrected chi connectivity index (χ0v) is 20.1. The van der Waals surface area contributed by atoms with Crippen LogP contribution < -0.4 is 5.32 Å². The Morgan fingerprint density at radius 1 is 1.23 bits per heavy atom. The van der Waals surface area contributed by atoms with Gasteiger partial charge >= 0.3 is 5.97 Å². The van der Waals surface area contributed by atoms with Gasteiger partial charge in [0.25, 0.3) is 0 Å². The van der Waals surface area contributed by atoms with Crippen molar-refractivity contribution in [3.8, 4) is 0 Å². The molecule has 0 saturated carbocycles. The van der Waals surface area contributed by atoms with E-state index < -0.39 is 11.5 Å². The number of piperidine rings is 1. The third-order valence-corrected chi connectivity index (χ3v) is 5.78. The first-order valence-electron chi connectivity index (χ1n) is 11.1. The van der Waals surface area contributed by atoms with Gasteiger partial charge in [0.1, 0.15) is 6.04 Å². The maximum Gasteiger partial charge on any atom is 0.333 e. The van der Waals surface area contributed by atoms with Gasteiger partial charge in [0.15, 0.2) is 0 Å². The third-order valence-electron chi connectivity index (χ3n) is 5.78. The molecule has 172 valence electrons. The Bertz CT molecular complexity index is 639. The van der Waals surface area contributed by atoms with Crippen LogP contribution in [-0.2, 0) is 19.1 Å². The lowest BCUT2D eigenvalue weighted by atomic mass is 9.85. The lowest BCUT2D eigenvalue weighted by molar-refractivity contribution is -0.141. The van der Waals surface area contributed by atoms with Crippen LogP contribution in [0.4, 0.5) is 0 Å². The van der Waals surface area contributed by atoms with Crippen LogP contribution in [0.5, 0.6) is 0 Å². The highest BCUT2D eigenvalue weighted by Crippen LogP contribution is 2.24. The second-order valence-electron chi connectivity index (χ2n) is 9.29. The summed E-state index contributed by atoms with van der Waals surface area (Å²) in [5, 5.41) is 3.03. The summed E-state index contributed by atoms with van der Waals surface area (Å²) in [4.78, 5) is 42.1. The Hall–Kier alpha value is -1.89. The van der Waals surface area contributed by atoms with E-state index in [2.05, 4.69) is 10.2 Å².